The quantitative estimate of drug-likeness (QED) is 0.768. The van der Waals surface area contributed by atoms with Gasteiger partial charge in [-0.25, -0.2) is 18.5 Å². The number of amidine groups is 1. The van der Waals surface area contributed by atoms with Crippen LogP contribution in [0.15, 0.2) is 62.6 Å². The van der Waals surface area contributed by atoms with Crippen LogP contribution in [0.3, 0.4) is 0 Å². The number of aliphatic hydroxyl groups is 1. The zero-order chi connectivity index (χ0) is 21.3. The third kappa shape index (κ3) is 4.02. The minimum Gasteiger partial charge on any atom is -0.393 e. The minimum atomic E-state index is -4.01. The molecular formula is C20H21N5O4S. The van der Waals surface area contributed by atoms with Gasteiger partial charge in [0.25, 0.3) is 5.91 Å². The molecule has 9 nitrogen and oxygen atoms in total. The van der Waals surface area contributed by atoms with Crippen LogP contribution >= 0.6 is 0 Å². The Balaban J connectivity index is 1.70. The number of primary sulfonamides is 1. The summed E-state index contributed by atoms with van der Waals surface area (Å²) in [6.45, 7) is 1.17. The highest BCUT2D eigenvalue weighted by molar-refractivity contribution is 7.89. The molecule has 2 aromatic rings. The number of sulfonamides is 1. The van der Waals surface area contributed by atoms with Crippen LogP contribution in [0.4, 0.5) is 0 Å². The third-order valence-corrected chi connectivity index (χ3v) is 6.15. The van der Waals surface area contributed by atoms with Gasteiger partial charge in [0.05, 0.1) is 11.0 Å². The predicted octanol–water partition coefficient (Wildman–Crippen LogP) is 1.77. The van der Waals surface area contributed by atoms with Crippen molar-refractivity contribution in [3.8, 4) is 11.1 Å². The topological polar surface area (TPSA) is 138 Å². The Kier molecular flexibility index (Phi) is 5.46. The second-order valence-electron chi connectivity index (χ2n) is 7.19. The minimum absolute atomic E-state index is 0.0772. The first-order valence-corrected chi connectivity index (χ1v) is 11.0. The van der Waals surface area contributed by atoms with Crippen LogP contribution in [0.5, 0.6) is 0 Å². The zero-order valence-electron chi connectivity index (χ0n) is 16.1. The molecule has 0 atom stereocenters. The molecule has 4 rings (SSSR count). The lowest BCUT2D eigenvalue weighted by atomic mass is 9.97. The Hall–Kier alpha value is -2.95. The normalized spacial score (nSPS) is 17.3. The molecule has 0 saturated carbocycles. The third-order valence-electron chi connectivity index (χ3n) is 5.20. The summed E-state index contributed by atoms with van der Waals surface area (Å²) in [5.41, 5.74) is 2.11. The molecule has 156 valence electrons. The van der Waals surface area contributed by atoms with Gasteiger partial charge in [0, 0.05) is 24.2 Å². The van der Waals surface area contributed by atoms with E-state index < -0.39 is 10.0 Å². The average Bonchev–Trinajstić information content (AvgIpc) is 3.27. The maximum atomic E-state index is 12.7. The number of likely N-dealkylation sites (tertiary alicyclic amines) is 1. The number of nitrogens with two attached hydrogens (primary N) is 1. The van der Waals surface area contributed by atoms with E-state index in [1.807, 2.05) is 0 Å². The molecular weight excluding hydrogens is 406 g/mol. The lowest BCUT2D eigenvalue weighted by Gasteiger charge is -2.29. The van der Waals surface area contributed by atoms with E-state index in [4.69, 9.17) is 5.14 Å². The van der Waals surface area contributed by atoms with Crippen molar-refractivity contribution in [3.63, 3.8) is 0 Å². The Labute approximate surface area is 174 Å². The fraction of sp³-hybridized carbons (Fsp3) is 0.300. The second-order valence-corrected chi connectivity index (χ2v) is 8.72. The first kappa shape index (κ1) is 20.3. The molecule has 0 bridgehead atoms. The van der Waals surface area contributed by atoms with Gasteiger partial charge >= 0.3 is 0 Å². The Morgan fingerprint density at radius 3 is 2.40 bits per heavy atom. The monoisotopic (exact) mass is 427 g/mol. The highest BCUT2D eigenvalue weighted by atomic mass is 32.2. The number of amides is 1. The maximum absolute atomic E-state index is 12.7. The van der Waals surface area contributed by atoms with Gasteiger partial charge in [0.2, 0.25) is 10.0 Å². The summed E-state index contributed by atoms with van der Waals surface area (Å²) in [6, 6.07) is 11.7. The summed E-state index contributed by atoms with van der Waals surface area (Å²) >= 11 is 0. The van der Waals surface area contributed by atoms with Gasteiger partial charge in [0.15, 0.2) is 12.5 Å². The largest absolute Gasteiger partial charge is 0.393 e. The van der Waals surface area contributed by atoms with Crippen LogP contribution in [0, 0.1) is 0 Å². The first-order valence-electron chi connectivity index (χ1n) is 9.50. The number of carbonyl (C=O) groups excluding carboxylic acids is 1. The molecule has 1 fully saturated rings. The van der Waals surface area contributed by atoms with E-state index in [1.54, 1.807) is 41.3 Å². The van der Waals surface area contributed by atoms with Crippen LogP contribution in [0.25, 0.3) is 11.1 Å². The zero-order valence-corrected chi connectivity index (χ0v) is 16.9. The lowest BCUT2D eigenvalue weighted by Crippen LogP contribution is -2.40. The van der Waals surface area contributed by atoms with E-state index in [-0.39, 0.29) is 29.4 Å². The molecule has 1 amide bonds. The standard InChI is InChI=1S/C20H21N5O4S/c21-30(28,29)17-3-1-2-16(18(17)19-22-12-23-24-19)13-4-6-14(7-5-13)20(27)25-10-8-15(26)9-11-25/h1-7,15,26H,8-12H2,(H2,21,28,29). The summed E-state index contributed by atoms with van der Waals surface area (Å²) in [6.07, 6.45) is 0.797. The van der Waals surface area contributed by atoms with E-state index in [0.717, 1.165) is 0 Å². The predicted molar refractivity (Wildman–Crippen MR) is 111 cm³/mol. The second kappa shape index (κ2) is 8.05. The number of nitrogens with zero attached hydrogens (tertiary/aromatic N) is 4. The van der Waals surface area contributed by atoms with Crippen LogP contribution < -0.4 is 5.14 Å². The van der Waals surface area contributed by atoms with Crippen molar-refractivity contribution in [2.24, 2.45) is 20.4 Å². The molecule has 1 saturated heterocycles. The number of hydrogen-bond acceptors (Lipinski definition) is 7. The maximum Gasteiger partial charge on any atom is 0.253 e. The summed E-state index contributed by atoms with van der Waals surface area (Å²) < 4.78 is 24.2. The average molecular weight is 427 g/mol. The fourth-order valence-corrected chi connectivity index (χ4v) is 4.40. The molecule has 0 aliphatic carbocycles. The molecule has 0 spiro atoms. The van der Waals surface area contributed by atoms with Gasteiger partial charge in [0.1, 0.15) is 0 Å². The molecule has 0 aromatic heterocycles. The van der Waals surface area contributed by atoms with Gasteiger partial charge in [-0.2, -0.15) is 5.11 Å². The van der Waals surface area contributed by atoms with Gasteiger partial charge in [-0.3, -0.25) is 4.79 Å². The Morgan fingerprint density at radius 2 is 1.80 bits per heavy atom. The molecule has 3 N–H and O–H groups in total. The number of carbonyl (C=O) groups is 1. The van der Waals surface area contributed by atoms with Gasteiger partial charge in [-0.1, -0.05) is 24.3 Å². The van der Waals surface area contributed by atoms with Gasteiger partial charge in [-0.15, -0.1) is 5.11 Å². The number of azo groups is 1. The molecule has 2 aromatic carbocycles. The molecule has 2 aliphatic rings. The van der Waals surface area contributed by atoms with E-state index >= 15 is 0 Å². The summed E-state index contributed by atoms with van der Waals surface area (Å²) in [5.74, 6) is 0.114. The molecule has 10 heteroatoms. The van der Waals surface area contributed by atoms with Gasteiger partial charge in [-0.05, 0) is 42.2 Å². The van der Waals surface area contributed by atoms with Crippen LogP contribution in [0.2, 0.25) is 0 Å². The molecule has 0 radical (unpaired) electrons. The van der Waals surface area contributed by atoms with Crippen molar-refractivity contribution in [2.45, 2.75) is 23.8 Å². The van der Waals surface area contributed by atoms with Crippen LogP contribution in [0.1, 0.15) is 28.8 Å². The van der Waals surface area contributed by atoms with Crippen molar-refractivity contribution < 1.29 is 18.3 Å². The van der Waals surface area contributed by atoms with E-state index in [2.05, 4.69) is 15.2 Å². The summed E-state index contributed by atoms with van der Waals surface area (Å²) in [7, 11) is -4.01. The summed E-state index contributed by atoms with van der Waals surface area (Å²) in [5, 5.41) is 22.8. The van der Waals surface area contributed by atoms with E-state index in [0.29, 0.717) is 48.2 Å². The number of aliphatic hydroxyl groups excluding tert-OH is 1. The number of benzene rings is 2. The first-order chi connectivity index (χ1) is 14.3. The number of piperidine rings is 1. The van der Waals surface area contributed by atoms with Crippen molar-refractivity contribution >= 4 is 21.8 Å². The van der Waals surface area contributed by atoms with Gasteiger partial charge < -0.3 is 10.0 Å². The molecule has 2 aliphatic heterocycles. The Bertz CT molecular complexity index is 1130. The van der Waals surface area contributed by atoms with Crippen molar-refractivity contribution in [3.05, 3.63) is 53.6 Å². The number of aliphatic imine (C=N–C) groups is 1. The lowest BCUT2D eigenvalue weighted by molar-refractivity contribution is 0.0546. The molecule has 0 unspecified atom stereocenters. The van der Waals surface area contributed by atoms with Crippen LogP contribution in [-0.4, -0.2) is 56.0 Å². The fourth-order valence-electron chi connectivity index (χ4n) is 3.64. The van der Waals surface area contributed by atoms with Crippen molar-refractivity contribution in [2.75, 3.05) is 19.8 Å². The highest BCUT2D eigenvalue weighted by Crippen LogP contribution is 2.31. The van der Waals surface area contributed by atoms with Crippen molar-refractivity contribution in [1.82, 2.24) is 4.90 Å². The molecule has 2 heterocycles. The van der Waals surface area contributed by atoms with E-state index in [1.165, 1.54) is 6.07 Å². The highest BCUT2D eigenvalue weighted by Gasteiger charge is 2.25. The molecule has 30 heavy (non-hydrogen) atoms. The summed E-state index contributed by atoms with van der Waals surface area (Å²) in [4.78, 5) is 18.5. The van der Waals surface area contributed by atoms with Crippen molar-refractivity contribution in [1.29, 1.82) is 0 Å². The van der Waals surface area contributed by atoms with E-state index in [9.17, 15) is 18.3 Å². The SMILES string of the molecule is NS(=O)(=O)c1cccc(-c2ccc(C(=O)N3CCC(O)CC3)cc2)c1C1=NCN=N1. The Morgan fingerprint density at radius 1 is 1.10 bits per heavy atom. The number of hydrogen-bond donors (Lipinski definition) is 2. The van der Waals surface area contributed by atoms with Crippen LogP contribution in [-0.2, 0) is 10.0 Å². The number of rotatable bonds is 4. The smallest absolute Gasteiger partial charge is 0.253 e.